The van der Waals surface area contributed by atoms with E-state index in [2.05, 4.69) is 0 Å². The van der Waals surface area contributed by atoms with E-state index >= 15 is 0 Å². The molecule has 3 rings (SSSR count). The average Bonchev–Trinajstić information content (AvgIpc) is 2.78. The third-order valence-corrected chi connectivity index (χ3v) is 6.19. The van der Waals surface area contributed by atoms with E-state index in [0.29, 0.717) is 11.1 Å². The lowest BCUT2D eigenvalue weighted by atomic mass is 9.81. The van der Waals surface area contributed by atoms with Crippen LogP contribution < -0.4 is 0 Å². The normalized spacial score (nSPS) is 12.4. The van der Waals surface area contributed by atoms with Crippen LogP contribution in [0.5, 0.6) is 11.5 Å². The van der Waals surface area contributed by atoms with E-state index in [-0.39, 0.29) is 22.3 Å². The second-order valence-electron chi connectivity index (χ2n) is 11.6. The lowest BCUT2D eigenvalue weighted by Gasteiger charge is -2.28. The summed E-state index contributed by atoms with van der Waals surface area (Å²) in [6, 6.07) is 17.0. The highest BCUT2D eigenvalue weighted by Crippen LogP contribution is 2.45. The number of ether oxygens (including phenoxy) is 1. The third kappa shape index (κ3) is 6.17. The van der Waals surface area contributed by atoms with E-state index in [9.17, 15) is 15.0 Å². The molecule has 4 nitrogen and oxygen atoms in total. The van der Waals surface area contributed by atoms with Gasteiger partial charge in [0.05, 0.1) is 0 Å². The molecule has 0 aromatic heterocycles. The first-order valence-electron chi connectivity index (χ1n) is 12.3. The van der Waals surface area contributed by atoms with Crippen molar-refractivity contribution in [2.24, 2.45) is 0 Å². The molecule has 0 heterocycles. The number of aromatic hydroxyl groups is 2. The Morgan fingerprint density at radius 2 is 1.22 bits per heavy atom. The lowest BCUT2D eigenvalue weighted by molar-refractivity contribution is -0.141. The van der Waals surface area contributed by atoms with Crippen LogP contribution in [0.25, 0.3) is 6.08 Å². The Morgan fingerprint density at radius 1 is 0.778 bits per heavy atom. The molecule has 0 saturated carbocycles. The molecule has 0 radical (unpaired) electrons. The zero-order valence-corrected chi connectivity index (χ0v) is 22.6. The number of hydrogen-bond donors (Lipinski definition) is 2. The van der Waals surface area contributed by atoms with E-state index in [1.165, 1.54) is 6.08 Å². The van der Waals surface area contributed by atoms with Crippen molar-refractivity contribution in [1.82, 2.24) is 0 Å². The molecule has 0 amide bonds. The van der Waals surface area contributed by atoms with E-state index in [1.54, 1.807) is 6.08 Å². The van der Waals surface area contributed by atoms with Gasteiger partial charge in [0.15, 0.2) is 6.10 Å². The zero-order chi connectivity index (χ0) is 26.8. The van der Waals surface area contributed by atoms with Crippen LogP contribution in [0, 0.1) is 13.8 Å². The number of phenols is 2. The summed E-state index contributed by atoms with van der Waals surface area (Å²) < 4.78 is 6.01. The summed E-state index contributed by atoms with van der Waals surface area (Å²) in [5.74, 6) is -0.437. The molecule has 0 aliphatic heterocycles. The van der Waals surface area contributed by atoms with E-state index < -0.39 is 12.1 Å². The highest BCUT2D eigenvalue weighted by Gasteiger charge is 2.31. The molecule has 0 aliphatic carbocycles. The van der Waals surface area contributed by atoms with Crippen molar-refractivity contribution in [1.29, 1.82) is 0 Å². The Morgan fingerprint density at radius 3 is 1.64 bits per heavy atom. The summed E-state index contributed by atoms with van der Waals surface area (Å²) in [6.07, 6.45) is 2.06. The van der Waals surface area contributed by atoms with Crippen LogP contribution >= 0.6 is 0 Å². The van der Waals surface area contributed by atoms with Gasteiger partial charge in [0, 0.05) is 17.2 Å². The molecular formula is C32H38O4. The van der Waals surface area contributed by atoms with Crippen LogP contribution in [0.4, 0.5) is 0 Å². The van der Waals surface area contributed by atoms with Crippen LogP contribution in [0.2, 0.25) is 0 Å². The molecule has 36 heavy (non-hydrogen) atoms. The van der Waals surface area contributed by atoms with Crippen LogP contribution in [0.15, 0.2) is 60.7 Å². The molecule has 0 spiro atoms. The molecule has 0 saturated heterocycles. The van der Waals surface area contributed by atoms with Gasteiger partial charge in [-0.1, -0.05) is 95.1 Å². The van der Waals surface area contributed by atoms with Gasteiger partial charge < -0.3 is 14.9 Å². The molecule has 2 N–H and O–H groups in total. The summed E-state index contributed by atoms with van der Waals surface area (Å²) in [5.41, 5.74) is 4.45. The standard InChI is InChI=1S/C32H38O4/c1-20-16-23(28(34)25(18-20)31(3,4)5)30(36-27(33)15-14-22-12-10-9-11-13-22)24-17-21(2)19-26(29(24)35)32(6,7)8/h9-19,30,34-35H,1-8H3. The van der Waals surface area contributed by atoms with Gasteiger partial charge in [-0.3, -0.25) is 0 Å². The van der Waals surface area contributed by atoms with Gasteiger partial charge in [-0.05, 0) is 59.6 Å². The summed E-state index contributed by atoms with van der Waals surface area (Å²) >= 11 is 0. The van der Waals surface area contributed by atoms with Gasteiger partial charge in [-0.25, -0.2) is 4.79 Å². The second kappa shape index (κ2) is 10.2. The van der Waals surface area contributed by atoms with E-state index in [0.717, 1.165) is 27.8 Å². The fraction of sp³-hybridized carbons (Fsp3) is 0.344. The summed E-state index contributed by atoms with van der Waals surface area (Å²) in [4.78, 5) is 13.1. The van der Waals surface area contributed by atoms with E-state index in [4.69, 9.17) is 4.74 Å². The molecule has 190 valence electrons. The number of benzene rings is 3. The maximum absolute atomic E-state index is 13.1. The Kier molecular flexibility index (Phi) is 7.68. The number of carbonyl (C=O) groups excluding carboxylic acids is 1. The number of hydrogen-bond acceptors (Lipinski definition) is 4. The minimum atomic E-state index is -1.00. The highest BCUT2D eigenvalue weighted by molar-refractivity contribution is 5.87. The van der Waals surface area contributed by atoms with Gasteiger partial charge in [0.2, 0.25) is 0 Å². The third-order valence-electron chi connectivity index (χ3n) is 6.19. The first-order valence-corrected chi connectivity index (χ1v) is 12.3. The molecular weight excluding hydrogens is 448 g/mol. The topological polar surface area (TPSA) is 66.8 Å². The number of esters is 1. The SMILES string of the molecule is Cc1cc(C(OC(=O)C=Cc2ccccc2)c2cc(C)cc(C(C)(C)C)c2O)c(O)c(C(C)(C)C)c1. The largest absolute Gasteiger partial charge is 0.507 e. The first kappa shape index (κ1) is 27.1. The molecule has 0 bridgehead atoms. The minimum Gasteiger partial charge on any atom is -0.507 e. The van der Waals surface area contributed by atoms with Crippen molar-refractivity contribution in [3.05, 3.63) is 99.6 Å². The molecule has 3 aromatic rings. The van der Waals surface area contributed by atoms with Crippen LogP contribution in [-0.4, -0.2) is 16.2 Å². The Labute approximate surface area is 215 Å². The smallest absolute Gasteiger partial charge is 0.331 e. The van der Waals surface area contributed by atoms with Crippen molar-refractivity contribution in [2.45, 2.75) is 72.3 Å². The molecule has 0 aliphatic rings. The summed E-state index contributed by atoms with van der Waals surface area (Å²) in [7, 11) is 0. The van der Waals surface area contributed by atoms with Gasteiger partial charge in [0.1, 0.15) is 11.5 Å². The monoisotopic (exact) mass is 486 g/mol. The summed E-state index contributed by atoms with van der Waals surface area (Å²) in [6.45, 7) is 16.0. The predicted octanol–water partition coefficient (Wildman–Crippen LogP) is 7.66. The fourth-order valence-corrected chi connectivity index (χ4v) is 4.34. The molecule has 0 atom stereocenters. The summed E-state index contributed by atoms with van der Waals surface area (Å²) in [5, 5.41) is 22.8. The Hall–Kier alpha value is -3.53. The lowest BCUT2D eigenvalue weighted by Crippen LogP contribution is -2.18. The van der Waals surface area contributed by atoms with E-state index in [1.807, 2.05) is 110 Å². The van der Waals surface area contributed by atoms with Gasteiger partial charge in [-0.2, -0.15) is 0 Å². The van der Waals surface area contributed by atoms with Crippen LogP contribution in [0.1, 0.15) is 86.6 Å². The molecule has 4 heteroatoms. The van der Waals surface area contributed by atoms with Gasteiger partial charge >= 0.3 is 5.97 Å². The first-order chi connectivity index (χ1) is 16.7. The second-order valence-corrected chi connectivity index (χ2v) is 11.6. The van der Waals surface area contributed by atoms with Crippen molar-refractivity contribution in [2.75, 3.05) is 0 Å². The number of rotatable bonds is 5. The average molecular weight is 487 g/mol. The van der Waals surface area contributed by atoms with Gasteiger partial charge in [-0.15, -0.1) is 0 Å². The van der Waals surface area contributed by atoms with Crippen molar-refractivity contribution < 1.29 is 19.7 Å². The number of aryl methyl sites for hydroxylation is 2. The number of carbonyl (C=O) groups is 1. The van der Waals surface area contributed by atoms with Crippen molar-refractivity contribution in [3.8, 4) is 11.5 Å². The van der Waals surface area contributed by atoms with Crippen LogP contribution in [-0.2, 0) is 20.4 Å². The Bertz CT molecular complexity index is 1200. The zero-order valence-electron chi connectivity index (χ0n) is 22.6. The van der Waals surface area contributed by atoms with Gasteiger partial charge in [0.25, 0.3) is 0 Å². The molecule has 0 fully saturated rings. The minimum absolute atomic E-state index is 0.0659. The Balaban J connectivity index is 2.20. The highest BCUT2D eigenvalue weighted by atomic mass is 16.5. The maximum Gasteiger partial charge on any atom is 0.331 e. The molecule has 3 aromatic carbocycles. The van der Waals surface area contributed by atoms with Crippen LogP contribution in [0.3, 0.4) is 0 Å². The fourth-order valence-electron chi connectivity index (χ4n) is 4.34. The molecule has 0 unspecified atom stereocenters. The number of phenolic OH excluding ortho intramolecular Hbond substituents is 2. The van der Waals surface area contributed by atoms with Crippen molar-refractivity contribution >= 4 is 12.0 Å². The predicted molar refractivity (Wildman–Crippen MR) is 146 cm³/mol. The quantitative estimate of drug-likeness (QED) is 0.287. The van der Waals surface area contributed by atoms with Crippen molar-refractivity contribution in [3.63, 3.8) is 0 Å². The maximum atomic E-state index is 13.1.